The Kier molecular flexibility index (Phi) is 4.26. The molecule has 0 bridgehead atoms. The summed E-state index contributed by atoms with van der Waals surface area (Å²) in [6.07, 6.45) is 5.46. The third-order valence-corrected chi connectivity index (χ3v) is 5.54. The summed E-state index contributed by atoms with van der Waals surface area (Å²) in [6, 6.07) is 12.4. The Labute approximate surface area is 155 Å². The molecule has 136 valence electrons. The van der Waals surface area contributed by atoms with Crippen LogP contribution in [0.3, 0.4) is 0 Å². The highest BCUT2D eigenvalue weighted by Gasteiger charge is 2.34. The van der Waals surface area contributed by atoms with Gasteiger partial charge in [0.05, 0.1) is 6.04 Å². The maximum Gasteiger partial charge on any atom is 0.251 e. The fourth-order valence-corrected chi connectivity index (χ4v) is 4.20. The zero-order valence-corrected chi connectivity index (χ0v) is 15.9. The van der Waals surface area contributed by atoms with Crippen LogP contribution < -0.4 is 10.1 Å². The van der Waals surface area contributed by atoms with Crippen LogP contribution in [0.4, 0.5) is 0 Å². The first-order valence-corrected chi connectivity index (χ1v) is 9.63. The fraction of sp³-hybridized carbons (Fsp3) is 0.435. The average Bonchev–Trinajstić information content (AvgIpc) is 2.59. The number of nitrogens with one attached hydrogen (secondary N) is 1. The lowest BCUT2D eigenvalue weighted by molar-refractivity contribution is 0.0619. The van der Waals surface area contributed by atoms with Gasteiger partial charge in [-0.25, -0.2) is 0 Å². The van der Waals surface area contributed by atoms with Gasteiger partial charge < -0.3 is 10.1 Å². The Morgan fingerprint density at radius 1 is 1.08 bits per heavy atom. The van der Waals surface area contributed by atoms with E-state index in [0.29, 0.717) is 0 Å². The number of hydrogen-bond donors (Lipinski definition) is 1. The monoisotopic (exact) mass is 349 g/mol. The van der Waals surface area contributed by atoms with Crippen molar-refractivity contribution in [1.82, 2.24) is 5.32 Å². The van der Waals surface area contributed by atoms with Crippen molar-refractivity contribution in [3.8, 4) is 5.75 Å². The Balaban J connectivity index is 1.59. The van der Waals surface area contributed by atoms with E-state index in [4.69, 9.17) is 4.74 Å². The number of ether oxygens (including phenoxy) is 1. The summed E-state index contributed by atoms with van der Waals surface area (Å²) in [7, 11) is 0. The molecule has 1 aliphatic carbocycles. The second-order valence-electron chi connectivity index (χ2n) is 8.32. The normalized spacial score (nSPS) is 20.5. The van der Waals surface area contributed by atoms with Crippen molar-refractivity contribution in [3.05, 3.63) is 64.2 Å². The van der Waals surface area contributed by atoms with E-state index >= 15 is 0 Å². The lowest BCUT2D eigenvalue weighted by atomic mass is 9.88. The molecule has 1 N–H and O–H groups in total. The van der Waals surface area contributed by atoms with Crippen LogP contribution in [0.15, 0.2) is 36.4 Å². The quantitative estimate of drug-likeness (QED) is 0.837. The van der Waals surface area contributed by atoms with Gasteiger partial charge in [-0.2, -0.15) is 0 Å². The lowest BCUT2D eigenvalue weighted by Crippen LogP contribution is -2.41. The number of fused-ring (bicyclic) bond motifs is 2. The summed E-state index contributed by atoms with van der Waals surface area (Å²) in [5, 5.41) is 3.25. The lowest BCUT2D eigenvalue weighted by Gasteiger charge is -2.38. The molecule has 1 atom stereocenters. The summed E-state index contributed by atoms with van der Waals surface area (Å²) in [4.78, 5) is 12.9. The average molecular weight is 349 g/mol. The maximum atomic E-state index is 12.9. The minimum atomic E-state index is -0.297. The molecule has 0 saturated heterocycles. The summed E-state index contributed by atoms with van der Waals surface area (Å²) < 4.78 is 6.14. The van der Waals surface area contributed by atoms with E-state index in [0.717, 1.165) is 36.1 Å². The second kappa shape index (κ2) is 6.46. The van der Waals surface area contributed by atoms with Gasteiger partial charge in [0.25, 0.3) is 5.91 Å². The summed E-state index contributed by atoms with van der Waals surface area (Å²) >= 11 is 0. The zero-order valence-electron chi connectivity index (χ0n) is 15.9. The van der Waals surface area contributed by atoms with E-state index in [1.54, 1.807) is 0 Å². The summed E-state index contributed by atoms with van der Waals surface area (Å²) in [5.41, 5.74) is 5.45. The van der Waals surface area contributed by atoms with E-state index in [-0.39, 0.29) is 17.6 Å². The molecule has 1 amide bonds. The molecule has 2 aromatic rings. The molecule has 0 unspecified atom stereocenters. The van der Waals surface area contributed by atoms with Crippen LogP contribution in [-0.2, 0) is 12.8 Å². The number of carbonyl (C=O) groups is 1. The van der Waals surface area contributed by atoms with E-state index in [1.165, 1.54) is 29.5 Å². The van der Waals surface area contributed by atoms with Crippen molar-refractivity contribution in [2.24, 2.45) is 0 Å². The zero-order chi connectivity index (χ0) is 18.3. The third kappa shape index (κ3) is 3.35. The maximum absolute atomic E-state index is 12.9. The number of aryl methyl sites for hydroxylation is 3. The van der Waals surface area contributed by atoms with Crippen LogP contribution in [-0.4, -0.2) is 11.5 Å². The Bertz CT molecular complexity index is 853. The van der Waals surface area contributed by atoms with Gasteiger partial charge in [0.1, 0.15) is 11.4 Å². The Hall–Kier alpha value is -2.29. The van der Waals surface area contributed by atoms with Gasteiger partial charge in [0.15, 0.2) is 0 Å². The first kappa shape index (κ1) is 17.1. The summed E-state index contributed by atoms with van der Waals surface area (Å²) in [5.74, 6) is 0.893. The van der Waals surface area contributed by atoms with Gasteiger partial charge in [0, 0.05) is 17.5 Å². The van der Waals surface area contributed by atoms with Gasteiger partial charge in [0.2, 0.25) is 0 Å². The molecule has 2 aromatic carbocycles. The standard InChI is InChI=1S/C23H27NO2/c1-15-8-11-19-20(14-23(2,3)26-21(19)12-15)24-22(25)18-10-9-16-6-4-5-7-17(16)13-18/h8-13,20H,4-7,14H2,1-3H3,(H,24,25)/t20-/m0/s1. The van der Waals surface area contributed by atoms with E-state index < -0.39 is 0 Å². The molecule has 3 nitrogen and oxygen atoms in total. The highest BCUT2D eigenvalue weighted by molar-refractivity contribution is 5.94. The van der Waals surface area contributed by atoms with Gasteiger partial charge >= 0.3 is 0 Å². The number of benzene rings is 2. The number of hydrogen-bond acceptors (Lipinski definition) is 2. The largest absolute Gasteiger partial charge is 0.487 e. The Morgan fingerprint density at radius 3 is 2.65 bits per heavy atom. The Morgan fingerprint density at radius 2 is 1.85 bits per heavy atom. The molecule has 0 spiro atoms. The van der Waals surface area contributed by atoms with Crippen molar-refractivity contribution >= 4 is 5.91 Å². The van der Waals surface area contributed by atoms with Crippen molar-refractivity contribution in [3.63, 3.8) is 0 Å². The van der Waals surface area contributed by atoms with Crippen LogP contribution in [0, 0.1) is 6.92 Å². The highest BCUT2D eigenvalue weighted by atomic mass is 16.5. The van der Waals surface area contributed by atoms with Crippen LogP contribution in [0.5, 0.6) is 5.75 Å². The number of rotatable bonds is 2. The molecular formula is C23H27NO2. The summed E-state index contributed by atoms with van der Waals surface area (Å²) in [6.45, 7) is 6.22. The van der Waals surface area contributed by atoms with Crippen LogP contribution in [0.25, 0.3) is 0 Å². The van der Waals surface area contributed by atoms with Crippen molar-refractivity contribution in [2.75, 3.05) is 0 Å². The van der Waals surface area contributed by atoms with E-state index in [9.17, 15) is 4.79 Å². The smallest absolute Gasteiger partial charge is 0.251 e. The second-order valence-corrected chi connectivity index (χ2v) is 8.32. The molecule has 2 aliphatic rings. The van der Waals surface area contributed by atoms with Crippen molar-refractivity contribution < 1.29 is 9.53 Å². The predicted molar refractivity (Wildman–Crippen MR) is 104 cm³/mol. The topological polar surface area (TPSA) is 38.3 Å². The fourth-order valence-electron chi connectivity index (χ4n) is 4.20. The first-order valence-electron chi connectivity index (χ1n) is 9.63. The molecule has 0 fully saturated rings. The molecule has 1 heterocycles. The van der Waals surface area contributed by atoms with Crippen LogP contribution in [0.2, 0.25) is 0 Å². The minimum absolute atomic E-state index is 0.00704. The molecule has 1 aliphatic heterocycles. The highest BCUT2D eigenvalue weighted by Crippen LogP contribution is 2.40. The van der Waals surface area contributed by atoms with Crippen molar-refractivity contribution in [2.45, 2.75) is 64.5 Å². The van der Waals surface area contributed by atoms with Crippen molar-refractivity contribution in [1.29, 1.82) is 0 Å². The van der Waals surface area contributed by atoms with Crippen LogP contribution >= 0.6 is 0 Å². The molecular weight excluding hydrogens is 322 g/mol. The van der Waals surface area contributed by atoms with E-state index in [2.05, 4.69) is 56.4 Å². The van der Waals surface area contributed by atoms with E-state index in [1.807, 2.05) is 6.07 Å². The van der Waals surface area contributed by atoms with Gasteiger partial charge in [-0.3, -0.25) is 4.79 Å². The molecule has 0 aromatic heterocycles. The van der Waals surface area contributed by atoms with Gasteiger partial charge in [-0.05, 0) is 81.3 Å². The molecule has 26 heavy (non-hydrogen) atoms. The van der Waals surface area contributed by atoms with Gasteiger partial charge in [-0.1, -0.05) is 18.2 Å². The molecule has 0 saturated carbocycles. The number of amides is 1. The molecule has 3 heteroatoms. The molecule has 4 rings (SSSR count). The number of carbonyl (C=O) groups excluding carboxylic acids is 1. The third-order valence-electron chi connectivity index (χ3n) is 5.54. The SMILES string of the molecule is Cc1ccc2c(c1)OC(C)(C)C[C@@H]2NC(=O)c1ccc2c(c1)CCCC2. The first-order chi connectivity index (χ1) is 12.4. The molecule has 0 radical (unpaired) electrons. The minimum Gasteiger partial charge on any atom is -0.487 e. The predicted octanol–water partition coefficient (Wildman–Crippen LogP) is 4.91. The van der Waals surface area contributed by atoms with Crippen LogP contribution in [0.1, 0.15) is 71.8 Å². The van der Waals surface area contributed by atoms with Gasteiger partial charge in [-0.15, -0.1) is 0 Å².